The average molecular weight is 465 g/mol. The number of aromatic nitrogens is 1. The molecule has 0 atom stereocenters. The summed E-state index contributed by atoms with van der Waals surface area (Å²) in [5, 5.41) is 4.13. The van der Waals surface area contributed by atoms with E-state index in [1.807, 2.05) is 30.3 Å². The molecule has 33 heavy (non-hydrogen) atoms. The first-order valence-corrected chi connectivity index (χ1v) is 11.7. The maximum absolute atomic E-state index is 13.4. The van der Waals surface area contributed by atoms with Crippen LogP contribution in [-0.2, 0) is 23.1 Å². The van der Waals surface area contributed by atoms with Gasteiger partial charge < -0.3 is 14.0 Å². The largest absolute Gasteiger partial charge is 0.497 e. The molecule has 4 rings (SSSR count). The summed E-state index contributed by atoms with van der Waals surface area (Å²) in [6.45, 7) is 0.241. The van der Waals surface area contributed by atoms with Gasteiger partial charge in [0.15, 0.2) is 5.76 Å². The van der Waals surface area contributed by atoms with Gasteiger partial charge in [0.25, 0.3) is 0 Å². The predicted molar refractivity (Wildman–Crippen MR) is 124 cm³/mol. The van der Waals surface area contributed by atoms with E-state index in [4.69, 9.17) is 14.0 Å². The van der Waals surface area contributed by atoms with Crippen LogP contribution in [0.5, 0.6) is 11.5 Å². The van der Waals surface area contributed by atoms with Gasteiger partial charge in [0.1, 0.15) is 11.5 Å². The zero-order valence-corrected chi connectivity index (χ0v) is 19.2. The van der Waals surface area contributed by atoms with Gasteiger partial charge in [-0.15, -0.1) is 0 Å². The lowest BCUT2D eigenvalue weighted by atomic mass is 10.1. The van der Waals surface area contributed by atoms with E-state index in [9.17, 15) is 8.42 Å². The molecule has 0 N–H and O–H groups in total. The second kappa shape index (κ2) is 9.89. The third-order valence-corrected chi connectivity index (χ3v) is 6.96. The number of nitrogens with zero attached hydrogens (tertiary/aromatic N) is 2. The molecule has 7 nitrogen and oxygen atoms in total. The minimum Gasteiger partial charge on any atom is -0.497 e. The number of hydrogen-bond donors (Lipinski definition) is 0. The Kier molecular flexibility index (Phi) is 6.76. The van der Waals surface area contributed by atoms with Crippen molar-refractivity contribution in [2.75, 3.05) is 14.2 Å². The highest BCUT2D eigenvalue weighted by Gasteiger charge is 2.26. The molecule has 0 spiro atoms. The third-order valence-electron chi connectivity index (χ3n) is 5.15. The number of rotatable bonds is 9. The normalized spacial score (nSPS) is 11.5. The number of hydrogen-bond acceptors (Lipinski definition) is 6. The first-order valence-electron chi connectivity index (χ1n) is 10.3. The van der Waals surface area contributed by atoms with Crippen molar-refractivity contribution in [1.82, 2.24) is 9.46 Å². The Hall–Kier alpha value is -3.62. The molecule has 4 aromatic rings. The molecule has 0 aliphatic rings. The molecule has 0 amide bonds. The molecule has 0 fully saturated rings. The zero-order chi connectivity index (χ0) is 23.3. The molecule has 0 radical (unpaired) electrons. The fourth-order valence-corrected chi connectivity index (χ4v) is 4.88. The SMILES string of the molecule is COc1ccc(OC)c(-c2cc(CN(Cc3ccccc3)S(=O)(=O)c3ccccc3)no2)c1. The molecule has 0 unspecified atom stereocenters. The Labute approximate surface area is 193 Å². The van der Waals surface area contributed by atoms with Crippen molar-refractivity contribution in [2.24, 2.45) is 0 Å². The molecule has 0 saturated carbocycles. The molecular formula is C25H24N2O5S. The number of ether oxygens (including phenoxy) is 2. The van der Waals surface area contributed by atoms with E-state index in [1.54, 1.807) is 68.8 Å². The fourth-order valence-electron chi connectivity index (χ4n) is 3.46. The molecule has 3 aromatic carbocycles. The lowest BCUT2D eigenvalue weighted by Gasteiger charge is -2.21. The van der Waals surface area contributed by atoms with E-state index in [0.717, 1.165) is 5.56 Å². The van der Waals surface area contributed by atoms with Gasteiger partial charge in [-0.2, -0.15) is 4.31 Å². The molecule has 0 saturated heterocycles. The molecule has 0 aliphatic heterocycles. The van der Waals surface area contributed by atoms with Crippen molar-refractivity contribution in [2.45, 2.75) is 18.0 Å². The zero-order valence-electron chi connectivity index (χ0n) is 18.3. The van der Waals surface area contributed by atoms with Crippen LogP contribution in [0.1, 0.15) is 11.3 Å². The van der Waals surface area contributed by atoms with Crippen molar-refractivity contribution in [3.63, 3.8) is 0 Å². The van der Waals surface area contributed by atoms with Crippen molar-refractivity contribution in [3.05, 3.63) is 96.2 Å². The minimum atomic E-state index is -3.77. The van der Waals surface area contributed by atoms with Crippen LogP contribution >= 0.6 is 0 Å². The topological polar surface area (TPSA) is 81.9 Å². The maximum atomic E-state index is 13.4. The summed E-state index contributed by atoms with van der Waals surface area (Å²) in [6, 6.07) is 24.9. The van der Waals surface area contributed by atoms with E-state index < -0.39 is 10.0 Å². The van der Waals surface area contributed by atoms with E-state index >= 15 is 0 Å². The first kappa shape index (κ1) is 22.6. The summed E-state index contributed by atoms with van der Waals surface area (Å²) < 4.78 is 44.5. The first-order chi connectivity index (χ1) is 16.0. The van der Waals surface area contributed by atoms with Gasteiger partial charge in [0.2, 0.25) is 10.0 Å². The lowest BCUT2D eigenvalue weighted by Crippen LogP contribution is -2.30. The maximum Gasteiger partial charge on any atom is 0.243 e. The van der Waals surface area contributed by atoms with Crippen molar-refractivity contribution >= 4 is 10.0 Å². The van der Waals surface area contributed by atoms with Gasteiger partial charge in [-0.1, -0.05) is 53.7 Å². The molecule has 0 bridgehead atoms. The van der Waals surface area contributed by atoms with Crippen LogP contribution in [0.2, 0.25) is 0 Å². The molecule has 170 valence electrons. The third kappa shape index (κ3) is 5.08. The van der Waals surface area contributed by atoms with Crippen LogP contribution < -0.4 is 9.47 Å². The van der Waals surface area contributed by atoms with Gasteiger partial charge in [-0.3, -0.25) is 0 Å². The van der Waals surface area contributed by atoms with Gasteiger partial charge in [0.05, 0.1) is 36.9 Å². The smallest absolute Gasteiger partial charge is 0.243 e. The van der Waals surface area contributed by atoms with E-state index in [-0.39, 0.29) is 18.0 Å². The quantitative estimate of drug-likeness (QED) is 0.356. The van der Waals surface area contributed by atoms with E-state index in [1.165, 1.54) is 4.31 Å². The second-order valence-electron chi connectivity index (χ2n) is 7.32. The molecular weight excluding hydrogens is 440 g/mol. The van der Waals surface area contributed by atoms with Crippen LogP contribution in [0.25, 0.3) is 11.3 Å². The lowest BCUT2D eigenvalue weighted by molar-refractivity contribution is 0.370. The van der Waals surface area contributed by atoms with E-state index in [2.05, 4.69) is 5.16 Å². The number of methoxy groups -OCH3 is 2. The minimum absolute atomic E-state index is 0.0436. The highest BCUT2D eigenvalue weighted by molar-refractivity contribution is 7.89. The fraction of sp³-hybridized carbons (Fsp3) is 0.160. The van der Waals surface area contributed by atoms with Crippen LogP contribution in [0, 0.1) is 0 Å². The predicted octanol–water partition coefficient (Wildman–Crippen LogP) is 4.75. The summed E-state index contributed by atoms with van der Waals surface area (Å²) >= 11 is 0. The van der Waals surface area contributed by atoms with Gasteiger partial charge in [-0.05, 0) is 35.9 Å². The number of benzene rings is 3. The summed E-state index contributed by atoms with van der Waals surface area (Å²) in [6.07, 6.45) is 0. The summed E-state index contributed by atoms with van der Waals surface area (Å²) in [5.74, 6) is 1.69. The van der Waals surface area contributed by atoms with Gasteiger partial charge >= 0.3 is 0 Å². The molecule has 1 heterocycles. The highest BCUT2D eigenvalue weighted by atomic mass is 32.2. The van der Waals surface area contributed by atoms with Crippen LogP contribution in [0.4, 0.5) is 0 Å². The average Bonchev–Trinajstić information content (AvgIpc) is 3.33. The van der Waals surface area contributed by atoms with Crippen LogP contribution in [0.3, 0.4) is 0 Å². The summed E-state index contributed by atoms with van der Waals surface area (Å²) in [4.78, 5) is 0.221. The monoisotopic (exact) mass is 464 g/mol. The Morgan fingerprint density at radius 2 is 1.55 bits per heavy atom. The van der Waals surface area contributed by atoms with Gasteiger partial charge in [0, 0.05) is 12.6 Å². The van der Waals surface area contributed by atoms with Crippen molar-refractivity contribution in [1.29, 1.82) is 0 Å². The van der Waals surface area contributed by atoms with E-state index in [0.29, 0.717) is 28.5 Å². The van der Waals surface area contributed by atoms with Crippen LogP contribution in [-0.4, -0.2) is 32.1 Å². The van der Waals surface area contributed by atoms with Gasteiger partial charge in [-0.25, -0.2) is 8.42 Å². The Morgan fingerprint density at radius 1 is 0.848 bits per heavy atom. The Morgan fingerprint density at radius 3 is 2.21 bits per heavy atom. The Balaban J connectivity index is 1.67. The number of sulfonamides is 1. The van der Waals surface area contributed by atoms with Crippen molar-refractivity contribution < 1.29 is 22.4 Å². The molecule has 1 aromatic heterocycles. The molecule has 0 aliphatic carbocycles. The second-order valence-corrected chi connectivity index (χ2v) is 9.26. The molecule has 8 heteroatoms. The van der Waals surface area contributed by atoms with Crippen LogP contribution in [0.15, 0.2) is 94.3 Å². The summed E-state index contributed by atoms with van der Waals surface area (Å²) in [7, 11) is -0.627. The summed E-state index contributed by atoms with van der Waals surface area (Å²) in [5.41, 5.74) is 2.01. The highest BCUT2D eigenvalue weighted by Crippen LogP contribution is 2.34. The van der Waals surface area contributed by atoms with Crippen molar-refractivity contribution in [3.8, 4) is 22.8 Å². The Bertz CT molecular complexity index is 1310. The standard InChI is InChI=1S/C25H24N2O5S/c1-30-21-13-14-24(31-2)23(16-21)25-15-20(26-32-25)18-27(17-19-9-5-3-6-10-19)33(28,29)22-11-7-4-8-12-22/h3-16H,17-18H2,1-2H3.